The van der Waals surface area contributed by atoms with Gasteiger partial charge in [0.05, 0.1) is 12.8 Å². The zero-order chi connectivity index (χ0) is 12.4. The predicted octanol–water partition coefficient (Wildman–Crippen LogP) is -0.257. The molecule has 0 saturated heterocycles. The number of alkyl halides is 3. The van der Waals surface area contributed by atoms with Crippen molar-refractivity contribution in [2.75, 3.05) is 6.54 Å². The van der Waals surface area contributed by atoms with Crippen molar-refractivity contribution in [3.05, 3.63) is 11.8 Å². The molecular formula is C6H8F3N3O3S. The maximum Gasteiger partial charge on any atom is 0.402 e. The van der Waals surface area contributed by atoms with Crippen LogP contribution in [0.1, 0.15) is 5.56 Å². The van der Waals surface area contributed by atoms with E-state index in [2.05, 4.69) is 5.10 Å². The zero-order valence-corrected chi connectivity index (χ0v) is 8.56. The van der Waals surface area contributed by atoms with Gasteiger partial charge in [-0.2, -0.15) is 18.3 Å². The van der Waals surface area contributed by atoms with Gasteiger partial charge in [0.25, 0.3) is 10.0 Å². The molecule has 0 spiro atoms. The van der Waals surface area contributed by atoms with Gasteiger partial charge in [-0.1, -0.05) is 0 Å². The van der Waals surface area contributed by atoms with Gasteiger partial charge in [-0.15, -0.1) is 0 Å². The van der Waals surface area contributed by atoms with E-state index in [4.69, 9.17) is 5.11 Å². The first kappa shape index (κ1) is 12.9. The lowest BCUT2D eigenvalue weighted by atomic mass is 10.4. The van der Waals surface area contributed by atoms with Crippen LogP contribution in [0.25, 0.3) is 0 Å². The fourth-order valence-electron chi connectivity index (χ4n) is 0.894. The van der Waals surface area contributed by atoms with Crippen LogP contribution in [-0.4, -0.2) is 36.4 Å². The number of nitrogens with zero attached hydrogens (tertiary/aromatic N) is 1. The van der Waals surface area contributed by atoms with Gasteiger partial charge in [0.15, 0.2) is 5.03 Å². The topological polar surface area (TPSA) is 95.1 Å². The Morgan fingerprint density at radius 3 is 2.62 bits per heavy atom. The van der Waals surface area contributed by atoms with Crippen LogP contribution in [0.5, 0.6) is 0 Å². The molecule has 1 heterocycles. The normalized spacial score (nSPS) is 13.0. The molecule has 1 aromatic heterocycles. The first-order chi connectivity index (χ1) is 7.26. The van der Waals surface area contributed by atoms with Gasteiger partial charge >= 0.3 is 6.18 Å². The highest BCUT2D eigenvalue weighted by atomic mass is 32.2. The largest absolute Gasteiger partial charge is 0.402 e. The highest BCUT2D eigenvalue weighted by Gasteiger charge is 2.31. The number of hydrogen-bond donors (Lipinski definition) is 3. The van der Waals surface area contributed by atoms with Gasteiger partial charge < -0.3 is 5.11 Å². The third kappa shape index (κ3) is 3.18. The van der Waals surface area contributed by atoms with Gasteiger partial charge in [-0.25, -0.2) is 13.1 Å². The minimum Gasteiger partial charge on any atom is -0.392 e. The summed E-state index contributed by atoms with van der Waals surface area (Å²) >= 11 is 0. The van der Waals surface area contributed by atoms with E-state index in [1.807, 2.05) is 5.10 Å². The number of aliphatic hydroxyl groups excluding tert-OH is 1. The van der Waals surface area contributed by atoms with Crippen molar-refractivity contribution >= 4 is 10.0 Å². The second-order valence-corrected chi connectivity index (χ2v) is 4.53. The van der Waals surface area contributed by atoms with E-state index in [9.17, 15) is 21.6 Å². The van der Waals surface area contributed by atoms with Crippen molar-refractivity contribution in [2.45, 2.75) is 17.8 Å². The summed E-state index contributed by atoms with van der Waals surface area (Å²) < 4.78 is 59.4. The van der Waals surface area contributed by atoms with E-state index < -0.39 is 34.4 Å². The summed E-state index contributed by atoms with van der Waals surface area (Å²) in [6, 6.07) is 0. The highest BCUT2D eigenvalue weighted by Crippen LogP contribution is 2.16. The molecule has 0 bridgehead atoms. The van der Waals surface area contributed by atoms with Crippen molar-refractivity contribution in [3.63, 3.8) is 0 Å². The monoisotopic (exact) mass is 259 g/mol. The van der Waals surface area contributed by atoms with Crippen LogP contribution in [0, 0.1) is 0 Å². The third-order valence-corrected chi connectivity index (χ3v) is 3.00. The Kier molecular flexibility index (Phi) is 3.55. The molecule has 0 aliphatic rings. The maximum atomic E-state index is 11.8. The molecule has 0 aliphatic carbocycles. The zero-order valence-electron chi connectivity index (χ0n) is 7.74. The molecule has 0 aromatic carbocycles. The molecule has 92 valence electrons. The van der Waals surface area contributed by atoms with Crippen LogP contribution in [0.3, 0.4) is 0 Å². The Hall–Kier alpha value is -1.13. The van der Waals surface area contributed by atoms with Crippen molar-refractivity contribution in [1.82, 2.24) is 14.9 Å². The molecule has 16 heavy (non-hydrogen) atoms. The molecule has 1 aromatic rings. The molecule has 1 rings (SSSR count). The van der Waals surface area contributed by atoms with Crippen molar-refractivity contribution < 1.29 is 26.7 Å². The number of nitrogens with one attached hydrogen (secondary N) is 2. The molecule has 0 amide bonds. The minimum atomic E-state index is -4.65. The van der Waals surface area contributed by atoms with Gasteiger partial charge in [-0.05, 0) is 0 Å². The standard InChI is InChI=1S/C6H8F3N3O3S/c7-6(8,9)3-11-16(14,15)5-4(2-13)1-10-12-5/h1,11,13H,2-3H2,(H,10,12). The Labute approximate surface area is 88.5 Å². The molecule has 0 fully saturated rings. The third-order valence-electron chi connectivity index (χ3n) is 1.58. The summed E-state index contributed by atoms with van der Waals surface area (Å²) in [5.74, 6) is 0. The molecule has 6 nitrogen and oxygen atoms in total. The summed E-state index contributed by atoms with van der Waals surface area (Å²) in [5, 5.41) is 13.5. The number of sulfonamides is 1. The Bertz CT molecular complexity index is 453. The average molecular weight is 259 g/mol. The van der Waals surface area contributed by atoms with E-state index in [1.54, 1.807) is 0 Å². The van der Waals surface area contributed by atoms with Gasteiger partial charge in [-0.3, -0.25) is 5.10 Å². The molecule has 0 radical (unpaired) electrons. The van der Waals surface area contributed by atoms with E-state index in [0.717, 1.165) is 6.20 Å². The van der Waals surface area contributed by atoms with E-state index >= 15 is 0 Å². The molecule has 0 saturated carbocycles. The average Bonchev–Trinajstić information content (AvgIpc) is 2.62. The number of rotatable bonds is 4. The van der Waals surface area contributed by atoms with Crippen LogP contribution < -0.4 is 4.72 Å². The molecular weight excluding hydrogens is 251 g/mol. The van der Waals surface area contributed by atoms with Crippen LogP contribution in [0.4, 0.5) is 13.2 Å². The smallest absolute Gasteiger partial charge is 0.392 e. The summed E-state index contributed by atoms with van der Waals surface area (Å²) in [7, 11) is -4.34. The lowest BCUT2D eigenvalue weighted by Gasteiger charge is -2.08. The Balaban J connectivity index is 2.87. The lowest BCUT2D eigenvalue weighted by Crippen LogP contribution is -2.34. The number of aromatic amines is 1. The van der Waals surface area contributed by atoms with E-state index in [-0.39, 0.29) is 5.56 Å². The molecule has 0 atom stereocenters. The summed E-state index contributed by atoms with van der Waals surface area (Å²) in [6.07, 6.45) is -3.63. The number of aromatic nitrogens is 2. The van der Waals surface area contributed by atoms with Crippen LogP contribution >= 0.6 is 0 Å². The van der Waals surface area contributed by atoms with Crippen molar-refractivity contribution in [1.29, 1.82) is 0 Å². The quantitative estimate of drug-likeness (QED) is 0.694. The SMILES string of the molecule is O=S(=O)(NCC(F)(F)F)c1[nH]ncc1CO. The fourth-order valence-corrected chi connectivity index (χ4v) is 2.03. The van der Waals surface area contributed by atoms with Crippen molar-refractivity contribution in [3.8, 4) is 0 Å². The van der Waals surface area contributed by atoms with Crippen LogP contribution in [0.15, 0.2) is 11.2 Å². The molecule has 3 N–H and O–H groups in total. The van der Waals surface area contributed by atoms with Gasteiger partial charge in [0.1, 0.15) is 6.54 Å². The first-order valence-corrected chi connectivity index (χ1v) is 5.44. The second-order valence-electron chi connectivity index (χ2n) is 2.82. The Morgan fingerprint density at radius 2 is 2.12 bits per heavy atom. The lowest BCUT2D eigenvalue weighted by molar-refractivity contribution is -0.121. The summed E-state index contributed by atoms with van der Waals surface area (Å²) in [6.45, 7) is -2.32. The number of H-pyrrole nitrogens is 1. The fraction of sp³-hybridized carbons (Fsp3) is 0.500. The second kappa shape index (κ2) is 4.39. The molecule has 10 heteroatoms. The Morgan fingerprint density at radius 1 is 1.50 bits per heavy atom. The van der Waals surface area contributed by atoms with E-state index in [1.165, 1.54) is 4.72 Å². The van der Waals surface area contributed by atoms with Crippen LogP contribution in [-0.2, 0) is 16.6 Å². The number of hydrogen-bond acceptors (Lipinski definition) is 4. The first-order valence-electron chi connectivity index (χ1n) is 3.96. The maximum absolute atomic E-state index is 11.8. The number of aliphatic hydroxyl groups is 1. The predicted molar refractivity (Wildman–Crippen MR) is 45.8 cm³/mol. The summed E-state index contributed by atoms with van der Waals surface area (Å²) in [4.78, 5) is 0. The van der Waals surface area contributed by atoms with E-state index in [0.29, 0.717) is 0 Å². The summed E-state index contributed by atoms with van der Waals surface area (Å²) in [5.41, 5.74) is -0.102. The highest BCUT2D eigenvalue weighted by molar-refractivity contribution is 7.89. The number of halogens is 3. The van der Waals surface area contributed by atoms with Crippen LogP contribution in [0.2, 0.25) is 0 Å². The van der Waals surface area contributed by atoms with Crippen molar-refractivity contribution in [2.24, 2.45) is 0 Å². The minimum absolute atomic E-state index is 0.102. The molecule has 0 unspecified atom stereocenters. The van der Waals surface area contributed by atoms with Gasteiger partial charge in [0.2, 0.25) is 0 Å². The van der Waals surface area contributed by atoms with Gasteiger partial charge in [0, 0.05) is 5.56 Å². The molecule has 0 aliphatic heterocycles.